The molecule has 1 atom stereocenters. The highest BCUT2D eigenvalue weighted by molar-refractivity contribution is 5.89. The first-order valence-corrected chi connectivity index (χ1v) is 13.1. The third-order valence-corrected chi connectivity index (χ3v) is 5.94. The lowest BCUT2D eigenvalue weighted by Crippen LogP contribution is -2.21. The van der Waals surface area contributed by atoms with E-state index < -0.39 is 29.8 Å². The lowest BCUT2D eigenvalue weighted by atomic mass is 10.1. The van der Waals surface area contributed by atoms with Gasteiger partial charge in [0.05, 0.1) is 19.4 Å². The van der Waals surface area contributed by atoms with E-state index >= 15 is 0 Å². The minimum Gasteiger partial charge on any atom is -0.490 e. The highest BCUT2D eigenvalue weighted by atomic mass is 16.6. The van der Waals surface area contributed by atoms with Crippen LogP contribution in [0, 0.1) is 12.8 Å². The van der Waals surface area contributed by atoms with E-state index in [4.69, 9.17) is 18.9 Å². The van der Waals surface area contributed by atoms with E-state index in [2.05, 4.69) is 11.3 Å². The predicted octanol–water partition coefficient (Wildman–Crippen LogP) is 5.49. The Labute approximate surface area is 244 Å². The summed E-state index contributed by atoms with van der Waals surface area (Å²) in [6.07, 6.45) is 4.03. The molecule has 0 fully saturated rings. The van der Waals surface area contributed by atoms with Crippen molar-refractivity contribution in [3.63, 3.8) is 0 Å². The van der Waals surface area contributed by atoms with Crippen molar-refractivity contribution in [3.8, 4) is 28.4 Å². The zero-order valence-electron chi connectivity index (χ0n) is 23.7. The molecule has 0 spiro atoms. The molecule has 9 nitrogen and oxygen atoms in total. The molecule has 3 rings (SSSR count). The van der Waals surface area contributed by atoms with Gasteiger partial charge < -0.3 is 23.7 Å². The van der Waals surface area contributed by atoms with Gasteiger partial charge in [0.2, 0.25) is 0 Å². The number of carbonyl (C=O) groups is 4. The van der Waals surface area contributed by atoms with Crippen LogP contribution in [-0.4, -0.2) is 44.2 Å². The molecule has 0 radical (unpaired) electrons. The number of benzene rings is 3. The van der Waals surface area contributed by atoms with E-state index in [0.717, 1.165) is 28.3 Å². The Balaban J connectivity index is 1.46. The number of carbonyl (C=O) groups excluding carboxylic acids is 4. The maximum atomic E-state index is 12.3. The molecule has 3 aromatic carbocycles. The van der Waals surface area contributed by atoms with Crippen LogP contribution in [0.1, 0.15) is 24.5 Å². The summed E-state index contributed by atoms with van der Waals surface area (Å²) in [5.74, 6) is -1.20. The van der Waals surface area contributed by atoms with E-state index in [1.807, 2.05) is 37.3 Å². The molecule has 0 saturated carbocycles. The fourth-order valence-electron chi connectivity index (χ4n) is 3.69. The van der Waals surface area contributed by atoms with Gasteiger partial charge in [0, 0.05) is 12.2 Å². The van der Waals surface area contributed by atoms with Gasteiger partial charge in [-0.3, -0.25) is 9.59 Å². The third-order valence-electron chi connectivity index (χ3n) is 5.94. The molecule has 3 aromatic rings. The van der Waals surface area contributed by atoms with Gasteiger partial charge in [-0.15, -0.1) is 0 Å². The average Bonchev–Trinajstić information content (AvgIpc) is 2.99. The summed E-state index contributed by atoms with van der Waals surface area (Å²) in [5, 5.41) is 0. The predicted molar refractivity (Wildman–Crippen MR) is 156 cm³/mol. The van der Waals surface area contributed by atoms with Crippen LogP contribution in [0.15, 0.2) is 85.5 Å². The van der Waals surface area contributed by atoms with Crippen molar-refractivity contribution in [2.75, 3.05) is 20.3 Å². The molecular formula is C33H32O9. The lowest BCUT2D eigenvalue weighted by molar-refractivity contribution is -0.153. The molecule has 1 unspecified atom stereocenters. The fraction of sp³-hybridized carbons (Fsp3) is 0.212. The molecule has 0 amide bonds. The van der Waals surface area contributed by atoms with Gasteiger partial charge in [0.15, 0.2) is 0 Å². The second kappa shape index (κ2) is 15.6. The normalized spacial score (nSPS) is 11.3. The Morgan fingerprint density at radius 1 is 0.833 bits per heavy atom. The van der Waals surface area contributed by atoms with Crippen LogP contribution >= 0.6 is 0 Å². The van der Waals surface area contributed by atoms with Gasteiger partial charge in [-0.25, -0.2) is 9.59 Å². The second-order valence-electron chi connectivity index (χ2n) is 9.15. The Morgan fingerprint density at radius 2 is 1.43 bits per heavy atom. The molecule has 0 aliphatic heterocycles. The van der Waals surface area contributed by atoms with Crippen molar-refractivity contribution < 1.29 is 42.9 Å². The summed E-state index contributed by atoms with van der Waals surface area (Å²) in [5.41, 5.74) is 3.41. The maximum Gasteiger partial charge on any atom is 0.336 e. The fourth-order valence-corrected chi connectivity index (χ4v) is 3.69. The molecule has 0 heterocycles. The van der Waals surface area contributed by atoms with Gasteiger partial charge in [-0.2, -0.15) is 0 Å². The van der Waals surface area contributed by atoms with Crippen molar-refractivity contribution in [3.05, 3.63) is 96.6 Å². The van der Waals surface area contributed by atoms with Gasteiger partial charge in [0.25, 0.3) is 0 Å². The standard InChI is InChI=1S/C33H32O9/c1-5-30(34)41-27-12-8-25(9-13-27)26-10-14-28(15-11-26)42-31(35)17-7-24-6-16-29(22(2)20-24)39-18-19-40-33(37)23(3)21-32(36)38-4/h5-17,20,23H,1,18-19,21H2,2-4H3/b17-7+. The number of aryl methyl sites for hydroxylation is 1. The Bertz CT molecular complexity index is 1440. The van der Waals surface area contributed by atoms with E-state index in [1.54, 1.807) is 49.4 Å². The zero-order valence-corrected chi connectivity index (χ0v) is 23.7. The lowest BCUT2D eigenvalue weighted by Gasteiger charge is -2.12. The first-order chi connectivity index (χ1) is 20.2. The SMILES string of the molecule is C=CC(=O)Oc1ccc(-c2ccc(OC(=O)/C=C/c3ccc(OCCOC(=O)C(C)CC(=O)OC)c(C)c3)cc2)cc1. The molecule has 0 aliphatic carbocycles. The quantitative estimate of drug-likeness (QED) is 0.113. The van der Waals surface area contributed by atoms with Crippen LogP contribution < -0.4 is 14.2 Å². The minimum atomic E-state index is -0.599. The van der Waals surface area contributed by atoms with Crippen molar-refractivity contribution in [1.82, 2.24) is 0 Å². The first-order valence-electron chi connectivity index (χ1n) is 13.1. The van der Waals surface area contributed by atoms with Gasteiger partial charge in [0.1, 0.15) is 30.5 Å². The number of methoxy groups -OCH3 is 1. The average molecular weight is 573 g/mol. The topological polar surface area (TPSA) is 114 Å². The second-order valence-corrected chi connectivity index (χ2v) is 9.15. The first kappa shape index (κ1) is 31.3. The third kappa shape index (κ3) is 9.78. The van der Waals surface area contributed by atoms with Crippen molar-refractivity contribution >= 4 is 30.0 Å². The summed E-state index contributed by atoms with van der Waals surface area (Å²) in [6, 6.07) is 19.4. The van der Waals surface area contributed by atoms with Gasteiger partial charge >= 0.3 is 23.9 Å². The maximum absolute atomic E-state index is 12.3. The molecule has 0 N–H and O–H groups in total. The van der Waals surface area contributed by atoms with Crippen molar-refractivity contribution in [2.24, 2.45) is 5.92 Å². The smallest absolute Gasteiger partial charge is 0.336 e. The van der Waals surface area contributed by atoms with Crippen LogP contribution in [0.2, 0.25) is 0 Å². The van der Waals surface area contributed by atoms with Crippen LogP contribution in [-0.2, 0) is 28.7 Å². The minimum absolute atomic E-state index is 0.0394. The molecule has 0 bridgehead atoms. The summed E-state index contributed by atoms with van der Waals surface area (Å²) < 4.78 is 25.9. The molecular weight excluding hydrogens is 540 g/mol. The number of ether oxygens (including phenoxy) is 5. The van der Waals surface area contributed by atoms with E-state index in [-0.39, 0.29) is 19.6 Å². The van der Waals surface area contributed by atoms with Crippen LogP contribution in [0.3, 0.4) is 0 Å². The largest absolute Gasteiger partial charge is 0.490 e. The molecule has 42 heavy (non-hydrogen) atoms. The molecule has 9 heteroatoms. The summed E-state index contributed by atoms with van der Waals surface area (Å²) in [6.45, 7) is 7.01. The number of hydrogen-bond acceptors (Lipinski definition) is 9. The highest BCUT2D eigenvalue weighted by Gasteiger charge is 2.18. The Kier molecular flexibility index (Phi) is 11.6. The Morgan fingerprint density at radius 3 is 1.98 bits per heavy atom. The zero-order chi connectivity index (χ0) is 30.5. The molecule has 218 valence electrons. The number of hydrogen-bond donors (Lipinski definition) is 0. The van der Waals surface area contributed by atoms with Gasteiger partial charge in [-0.05, 0) is 71.7 Å². The molecule has 0 aromatic heterocycles. The van der Waals surface area contributed by atoms with Crippen LogP contribution in [0.4, 0.5) is 0 Å². The van der Waals surface area contributed by atoms with E-state index in [9.17, 15) is 19.2 Å². The molecule has 0 saturated heterocycles. The van der Waals surface area contributed by atoms with E-state index in [0.29, 0.717) is 17.2 Å². The van der Waals surface area contributed by atoms with Crippen molar-refractivity contribution in [1.29, 1.82) is 0 Å². The van der Waals surface area contributed by atoms with Crippen LogP contribution in [0.5, 0.6) is 17.2 Å². The van der Waals surface area contributed by atoms with E-state index in [1.165, 1.54) is 13.2 Å². The van der Waals surface area contributed by atoms with Crippen LogP contribution in [0.25, 0.3) is 17.2 Å². The Hall–Kier alpha value is -5.18. The number of rotatable bonds is 13. The van der Waals surface area contributed by atoms with Gasteiger partial charge in [-0.1, -0.05) is 43.8 Å². The molecule has 0 aliphatic rings. The monoisotopic (exact) mass is 572 g/mol. The van der Waals surface area contributed by atoms with Crippen molar-refractivity contribution in [2.45, 2.75) is 20.3 Å². The summed E-state index contributed by atoms with van der Waals surface area (Å²) >= 11 is 0. The number of esters is 4. The summed E-state index contributed by atoms with van der Waals surface area (Å²) in [4.78, 5) is 46.9. The highest BCUT2D eigenvalue weighted by Crippen LogP contribution is 2.25. The summed E-state index contributed by atoms with van der Waals surface area (Å²) in [7, 11) is 1.26.